The molecule has 0 amide bonds. The molecule has 0 aromatic heterocycles. The van der Waals surface area contributed by atoms with Gasteiger partial charge in [0, 0.05) is 31.5 Å². The van der Waals surface area contributed by atoms with Crippen LogP contribution in [-0.2, 0) is 11.2 Å². The summed E-state index contributed by atoms with van der Waals surface area (Å²) in [4.78, 5) is 15.1. The molecular weight excluding hydrogens is 326 g/mol. The second-order valence-corrected chi connectivity index (χ2v) is 7.16. The lowest BCUT2D eigenvalue weighted by atomic mass is 9.80. The fraction of sp³-hybridized carbons (Fsp3) is 0.632. The zero-order valence-electron chi connectivity index (χ0n) is 15.0. The van der Waals surface area contributed by atoms with E-state index in [9.17, 15) is 4.79 Å². The van der Waals surface area contributed by atoms with Gasteiger partial charge in [-0.3, -0.25) is 9.69 Å². The number of fused-ring (bicyclic) bond motifs is 3. The summed E-state index contributed by atoms with van der Waals surface area (Å²) >= 11 is 0. The third kappa shape index (κ3) is 3.55. The largest absolute Gasteiger partial charge is 0.493 e. The van der Waals surface area contributed by atoms with Gasteiger partial charge in [-0.05, 0) is 42.0 Å². The van der Waals surface area contributed by atoms with Gasteiger partial charge in [0.15, 0.2) is 11.5 Å². The highest BCUT2D eigenvalue weighted by Crippen LogP contribution is 2.42. The summed E-state index contributed by atoms with van der Waals surface area (Å²) in [6.07, 6.45) is 2.63. The van der Waals surface area contributed by atoms with Crippen molar-refractivity contribution < 1.29 is 14.3 Å². The van der Waals surface area contributed by atoms with Crippen LogP contribution in [0.25, 0.3) is 0 Å². The predicted octanol–water partition coefficient (Wildman–Crippen LogP) is 3.66. The minimum absolute atomic E-state index is 0. The van der Waals surface area contributed by atoms with E-state index in [2.05, 4.69) is 30.9 Å². The van der Waals surface area contributed by atoms with E-state index in [0.29, 0.717) is 18.1 Å². The fourth-order valence-corrected chi connectivity index (χ4v) is 4.05. The number of piperidine rings is 1. The van der Waals surface area contributed by atoms with E-state index in [1.807, 2.05) is 0 Å². The maximum absolute atomic E-state index is 12.6. The van der Waals surface area contributed by atoms with Gasteiger partial charge in [0.05, 0.1) is 14.2 Å². The Balaban J connectivity index is 0.00000208. The van der Waals surface area contributed by atoms with Crippen molar-refractivity contribution in [2.24, 2.45) is 11.8 Å². The smallest absolute Gasteiger partial charge is 0.161 e. The van der Waals surface area contributed by atoms with Crippen molar-refractivity contribution in [2.45, 2.75) is 39.2 Å². The standard InChI is InChI=1S/C19H27NO3.ClH/c1-12(2)7-14-11-20-6-5-13-8-18(22-3)19(23-4)9-15(13)16(20)10-17(14)21;/h8-9,12,14,16H,5-7,10-11H2,1-4H3;1H/t14-,16-;/m0./s1. The summed E-state index contributed by atoms with van der Waals surface area (Å²) in [5.74, 6) is 2.72. The number of ketones is 1. The van der Waals surface area contributed by atoms with Crippen molar-refractivity contribution in [2.75, 3.05) is 27.3 Å². The highest BCUT2D eigenvalue weighted by molar-refractivity contribution is 5.85. The average molecular weight is 354 g/mol. The number of hydrogen-bond acceptors (Lipinski definition) is 4. The molecule has 0 unspecified atom stereocenters. The maximum atomic E-state index is 12.6. The molecule has 0 radical (unpaired) electrons. The molecule has 3 rings (SSSR count). The van der Waals surface area contributed by atoms with E-state index >= 15 is 0 Å². The van der Waals surface area contributed by atoms with E-state index in [0.717, 1.165) is 37.4 Å². The quantitative estimate of drug-likeness (QED) is 0.828. The van der Waals surface area contributed by atoms with Crippen LogP contribution in [-0.4, -0.2) is 38.0 Å². The number of nitrogens with zero attached hydrogens (tertiary/aromatic N) is 1. The highest BCUT2D eigenvalue weighted by Gasteiger charge is 2.38. The average Bonchev–Trinajstić information content (AvgIpc) is 2.53. The number of rotatable bonds is 4. The van der Waals surface area contributed by atoms with Crippen LogP contribution in [0.1, 0.15) is 43.9 Å². The Hall–Kier alpha value is -1.26. The fourth-order valence-electron chi connectivity index (χ4n) is 4.05. The number of methoxy groups -OCH3 is 2. The number of carbonyl (C=O) groups is 1. The van der Waals surface area contributed by atoms with Crippen molar-refractivity contribution in [1.29, 1.82) is 0 Å². The van der Waals surface area contributed by atoms with Crippen molar-refractivity contribution in [3.8, 4) is 11.5 Å². The maximum Gasteiger partial charge on any atom is 0.161 e. The number of carbonyl (C=O) groups excluding carboxylic acids is 1. The summed E-state index contributed by atoms with van der Waals surface area (Å²) in [6.45, 7) is 6.31. The zero-order chi connectivity index (χ0) is 16.6. The molecule has 2 atom stereocenters. The first-order valence-corrected chi connectivity index (χ1v) is 8.55. The summed E-state index contributed by atoms with van der Waals surface area (Å²) in [5.41, 5.74) is 2.53. The summed E-state index contributed by atoms with van der Waals surface area (Å²) in [7, 11) is 3.33. The lowest BCUT2D eigenvalue weighted by Gasteiger charge is -2.43. The number of halogens is 1. The van der Waals surface area contributed by atoms with Crippen LogP contribution >= 0.6 is 12.4 Å². The molecule has 2 aliphatic rings. The Morgan fingerprint density at radius 1 is 1.21 bits per heavy atom. The minimum atomic E-state index is 0. The van der Waals surface area contributed by atoms with Crippen LogP contribution < -0.4 is 9.47 Å². The summed E-state index contributed by atoms with van der Waals surface area (Å²) in [6, 6.07) is 4.35. The number of Topliss-reactive ketones (excluding diaryl/α,β-unsaturated/α-hetero) is 1. The molecule has 0 bridgehead atoms. The highest BCUT2D eigenvalue weighted by atomic mass is 35.5. The molecule has 24 heavy (non-hydrogen) atoms. The van der Waals surface area contributed by atoms with Crippen LogP contribution in [0.2, 0.25) is 0 Å². The number of hydrogen-bond donors (Lipinski definition) is 0. The molecule has 0 aliphatic carbocycles. The molecule has 1 aromatic rings. The van der Waals surface area contributed by atoms with Gasteiger partial charge in [0.2, 0.25) is 0 Å². The van der Waals surface area contributed by atoms with Crippen LogP contribution in [0.15, 0.2) is 12.1 Å². The van der Waals surface area contributed by atoms with Crippen molar-refractivity contribution >= 4 is 18.2 Å². The normalized spacial score (nSPS) is 23.3. The van der Waals surface area contributed by atoms with E-state index in [-0.39, 0.29) is 24.4 Å². The Labute approximate surface area is 150 Å². The molecule has 0 saturated carbocycles. The molecule has 0 N–H and O–H groups in total. The summed E-state index contributed by atoms with van der Waals surface area (Å²) < 4.78 is 10.9. The van der Waals surface area contributed by atoms with Crippen LogP contribution in [0.4, 0.5) is 0 Å². The van der Waals surface area contributed by atoms with Gasteiger partial charge in [-0.15, -0.1) is 12.4 Å². The van der Waals surface area contributed by atoms with Crippen molar-refractivity contribution in [3.05, 3.63) is 23.3 Å². The zero-order valence-corrected chi connectivity index (χ0v) is 15.8. The Kier molecular flexibility index (Phi) is 6.16. The van der Waals surface area contributed by atoms with E-state index in [1.54, 1.807) is 14.2 Å². The van der Waals surface area contributed by atoms with Crippen molar-refractivity contribution in [3.63, 3.8) is 0 Å². The molecule has 0 spiro atoms. The number of ether oxygens (including phenoxy) is 2. The molecule has 1 saturated heterocycles. The van der Waals surface area contributed by atoms with Gasteiger partial charge >= 0.3 is 0 Å². The van der Waals surface area contributed by atoms with Gasteiger partial charge in [0.1, 0.15) is 5.78 Å². The van der Waals surface area contributed by atoms with E-state index in [1.165, 1.54) is 11.1 Å². The Morgan fingerprint density at radius 3 is 2.50 bits per heavy atom. The molecule has 2 heterocycles. The van der Waals surface area contributed by atoms with E-state index in [4.69, 9.17) is 9.47 Å². The molecular formula is C19H28ClNO3. The third-order valence-electron chi connectivity index (χ3n) is 5.17. The first kappa shape index (κ1) is 19.1. The first-order chi connectivity index (χ1) is 11.0. The van der Waals surface area contributed by atoms with Crippen LogP contribution in [0.3, 0.4) is 0 Å². The predicted molar refractivity (Wildman–Crippen MR) is 97.4 cm³/mol. The molecule has 1 aromatic carbocycles. The molecule has 4 nitrogen and oxygen atoms in total. The number of benzene rings is 1. The second-order valence-electron chi connectivity index (χ2n) is 7.16. The van der Waals surface area contributed by atoms with Gasteiger partial charge in [-0.1, -0.05) is 13.8 Å². The minimum Gasteiger partial charge on any atom is -0.493 e. The lowest BCUT2D eigenvalue weighted by molar-refractivity contribution is -0.129. The topological polar surface area (TPSA) is 38.8 Å². The van der Waals surface area contributed by atoms with Gasteiger partial charge in [-0.25, -0.2) is 0 Å². The Morgan fingerprint density at radius 2 is 1.88 bits per heavy atom. The SMILES string of the molecule is COc1cc2c(cc1OC)[C@@H]1CC(=O)[C@@H](CC(C)C)CN1CC2.Cl. The van der Waals surface area contributed by atoms with Gasteiger partial charge < -0.3 is 9.47 Å². The lowest BCUT2D eigenvalue weighted by Crippen LogP contribution is -2.46. The second kappa shape index (κ2) is 7.75. The molecule has 2 aliphatic heterocycles. The molecule has 1 fully saturated rings. The van der Waals surface area contributed by atoms with Gasteiger partial charge in [-0.2, -0.15) is 0 Å². The summed E-state index contributed by atoms with van der Waals surface area (Å²) in [5, 5.41) is 0. The molecule has 134 valence electrons. The first-order valence-electron chi connectivity index (χ1n) is 8.55. The van der Waals surface area contributed by atoms with Crippen molar-refractivity contribution in [1.82, 2.24) is 4.90 Å². The Bertz CT molecular complexity index is 603. The third-order valence-corrected chi connectivity index (χ3v) is 5.17. The monoisotopic (exact) mass is 353 g/mol. The van der Waals surface area contributed by atoms with E-state index < -0.39 is 0 Å². The van der Waals surface area contributed by atoms with Gasteiger partial charge in [0.25, 0.3) is 0 Å². The molecule has 5 heteroatoms. The van der Waals surface area contributed by atoms with Crippen LogP contribution in [0, 0.1) is 11.8 Å². The van der Waals surface area contributed by atoms with Crippen LogP contribution in [0.5, 0.6) is 11.5 Å².